The van der Waals surface area contributed by atoms with Gasteiger partial charge in [-0.1, -0.05) is 49.5 Å². The number of aromatic nitrogens is 1. The first-order valence-corrected chi connectivity index (χ1v) is 10.6. The van der Waals surface area contributed by atoms with Crippen LogP contribution in [0.2, 0.25) is 0 Å². The number of rotatable bonds is 7. The van der Waals surface area contributed by atoms with Crippen LogP contribution in [0.1, 0.15) is 80.2 Å². The standard InChI is InChI=1S/C23H32N2O2.4K.H3P/c1-2-3-4-5-6-21-20-10-8-17-13-16(7-9-19(17)22(20)25-27-21)18-11-12-23(24,14-18)15-26;;;;;/h7,9,13,18,26H,2-6,8,10-12,14-15,24H2,1H3;;;;;1H3/q;4*+1;/p+1. The second kappa shape index (κ2) is 19.4. The van der Waals surface area contributed by atoms with Gasteiger partial charge in [0.15, 0.2) is 0 Å². The fraction of sp³-hybridized carbons (Fsp3) is 0.609. The van der Waals surface area contributed by atoms with Gasteiger partial charge in [-0.2, -0.15) is 0 Å². The molecule has 0 spiro atoms. The largest absolute Gasteiger partial charge is 1.00 e. The fourth-order valence-electron chi connectivity index (χ4n) is 4.87. The van der Waals surface area contributed by atoms with Gasteiger partial charge in [0.05, 0.1) is 6.61 Å². The number of aliphatic hydroxyl groups excluding tert-OH is 1. The zero-order chi connectivity index (χ0) is 18.9. The van der Waals surface area contributed by atoms with Crippen LogP contribution in [0.5, 0.6) is 0 Å². The van der Waals surface area contributed by atoms with Gasteiger partial charge < -0.3 is 15.4 Å². The third-order valence-corrected chi connectivity index (χ3v) is 6.59. The zero-order valence-corrected chi connectivity index (χ0v) is 36.0. The van der Waals surface area contributed by atoms with Crippen LogP contribution in [0.15, 0.2) is 22.7 Å². The number of hydrogen-bond donors (Lipinski definition) is 2. The summed E-state index contributed by atoms with van der Waals surface area (Å²) >= 11 is 0. The van der Waals surface area contributed by atoms with E-state index in [1.807, 2.05) is 0 Å². The zero-order valence-electron chi connectivity index (χ0n) is 21.5. The number of benzene rings is 1. The van der Waals surface area contributed by atoms with Crippen LogP contribution in [-0.4, -0.2) is 22.4 Å². The topological polar surface area (TPSA) is 72.3 Å². The van der Waals surface area contributed by atoms with Crippen molar-refractivity contribution in [3.05, 3.63) is 40.6 Å². The molecule has 2 aromatic rings. The van der Waals surface area contributed by atoms with E-state index in [1.54, 1.807) is 0 Å². The van der Waals surface area contributed by atoms with Crippen molar-refractivity contribution in [1.29, 1.82) is 0 Å². The molecule has 1 fully saturated rings. The summed E-state index contributed by atoms with van der Waals surface area (Å²) < 4.78 is 5.73. The van der Waals surface area contributed by atoms with Gasteiger partial charge in [-0.25, -0.2) is 0 Å². The molecule has 32 heavy (non-hydrogen) atoms. The monoisotopic (exact) mass is 559 g/mol. The Morgan fingerprint density at radius 2 is 1.88 bits per heavy atom. The van der Waals surface area contributed by atoms with E-state index in [9.17, 15) is 5.11 Å². The predicted octanol–water partition coefficient (Wildman–Crippen LogP) is -7.67. The number of fused-ring (bicyclic) bond motifs is 3. The van der Waals surface area contributed by atoms with Crippen molar-refractivity contribution >= 4 is 9.90 Å². The SMILES string of the molecule is CCCCCCc1onc2c1CCc1cc(C3CCC(N)(CO)C3)ccc1-2.[K+].[K+].[K+].[K+].[PH4+]. The first-order valence-electron chi connectivity index (χ1n) is 10.6. The van der Waals surface area contributed by atoms with Gasteiger partial charge in [0.2, 0.25) is 0 Å². The van der Waals surface area contributed by atoms with Gasteiger partial charge in [-0.15, -0.1) is 0 Å². The number of unbranched alkanes of at least 4 members (excludes halogenated alkanes) is 3. The second-order valence-electron chi connectivity index (χ2n) is 8.62. The van der Waals surface area contributed by atoms with E-state index in [4.69, 9.17) is 10.3 Å². The number of nitrogens with zero attached hydrogens (tertiary/aromatic N) is 1. The van der Waals surface area contributed by atoms with Crippen molar-refractivity contribution in [3.63, 3.8) is 0 Å². The van der Waals surface area contributed by atoms with E-state index in [0.29, 0.717) is 5.92 Å². The smallest absolute Gasteiger partial charge is 0.394 e. The Kier molecular flexibility index (Phi) is 23.9. The summed E-state index contributed by atoms with van der Waals surface area (Å²) in [5.74, 6) is 1.56. The van der Waals surface area contributed by atoms with Gasteiger partial charge in [0.25, 0.3) is 0 Å². The first kappa shape index (κ1) is 39.5. The molecule has 4 rings (SSSR count). The molecule has 0 aliphatic heterocycles. The van der Waals surface area contributed by atoms with E-state index in [1.165, 1.54) is 47.9 Å². The summed E-state index contributed by atoms with van der Waals surface area (Å²) in [7, 11) is 0. The van der Waals surface area contributed by atoms with E-state index in [2.05, 4.69) is 30.3 Å². The molecule has 9 heteroatoms. The molecule has 0 bridgehead atoms. The maximum atomic E-state index is 9.54. The molecule has 3 N–H and O–H groups in total. The molecule has 3 unspecified atom stereocenters. The van der Waals surface area contributed by atoms with E-state index in [0.717, 1.165) is 50.0 Å². The molecule has 1 aromatic carbocycles. The third kappa shape index (κ3) is 10.1. The van der Waals surface area contributed by atoms with Crippen LogP contribution < -0.4 is 211 Å². The van der Waals surface area contributed by atoms with Crippen molar-refractivity contribution in [2.24, 2.45) is 5.73 Å². The molecular formula is C23H36K4N2O2P+5. The molecule has 2 aliphatic carbocycles. The van der Waals surface area contributed by atoms with Crippen molar-refractivity contribution < 1.29 is 215 Å². The minimum atomic E-state index is -0.396. The Morgan fingerprint density at radius 3 is 2.53 bits per heavy atom. The van der Waals surface area contributed by atoms with Crippen LogP contribution in [0.4, 0.5) is 0 Å². The number of hydrogen-bond acceptors (Lipinski definition) is 4. The maximum Gasteiger partial charge on any atom is 1.00 e. The fourth-order valence-corrected chi connectivity index (χ4v) is 4.87. The van der Waals surface area contributed by atoms with Crippen LogP contribution in [-0.2, 0) is 19.3 Å². The van der Waals surface area contributed by atoms with Crippen LogP contribution in [0.3, 0.4) is 0 Å². The normalized spacial score (nSPS) is 20.3. The minimum Gasteiger partial charge on any atom is -0.394 e. The molecule has 1 heterocycles. The summed E-state index contributed by atoms with van der Waals surface area (Å²) in [4.78, 5) is 0. The summed E-state index contributed by atoms with van der Waals surface area (Å²) in [5.41, 5.74) is 12.2. The average molecular weight is 560 g/mol. The molecule has 0 radical (unpaired) electrons. The quantitative estimate of drug-likeness (QED) is 0.201. The molecule has 0 amide bonds. The third-order valence-electron chi connectivity index (χ3n) is 6.59. The van der Waals surface area contributed by atoms with Gasteiger partial charge in [-0.05, 0) is 65.5 Å². The van der Waals surface area contributed by atoms with E-state index >= 15 is 0 Å². The minimum absolute atomic E-state index is 0. The number of aliphatic hydroxyl groups is 1. The number of aryl methyl sites for hydroxylation is 2. The maximum absolute atomic E-state index is 9.54. The molecule has 154 valence electrons. The van der Waals surface area contributed by atoms with Gasteiger partial charge in [0, 0.05) is 23.1 Å². The van der Waals surface area contributed by atoms with E-state index < -0.39 is 5.54 Å². The average Bonchev–Trinajstić information content (AvgIpc) is 3.29. The molecule has 0 saturated heterocycles. The Morgan fingerprint density at radius 1 is 1.12 bits per heavy atom. The van der Waals surface area contributed by atoms with Crippen molar-refractivity contribution in [2.45, 2.75) is 82.6 Å². The van der Waals surface area contributed by atoms with Crippen LogP contribution in [0, 0.1) is 0 Å². The van der Waals surface area contributed by atoms with Crippen molar-refractivity contribution in [2.75, 3.05) is 6.61 Å². The Balaban J connectivity index is 0. The summed E-state index contributed by atoms with van der Waals surface area (Å²) in [6.45, 7) is 2.32. The molecule has 1 saturated carbocycles. The van der Waals surface area contributed by atoms with Crippen LogP contribution in [0.25, 0.3) is 11.3 Å². The van der Waals surface area contributed by atoms with Crippen LogP contribution >= 0.6 is 9.90 Å². The summed E-state index contributed by atoms with van der Waals surface area (Å²) in [6.07, 6.45) is 10.9. The van der Waals surface area contributed by atoms with E-state index in [-0.39, 0.29) is 222 Å². The van der Waals surface area contributed by atoms with Gasteiger partial charge >= 0.3 is 206 Å². The van der Waals surface area contributed by atoms with Crippen molar-refractivity contribution in [3.8, 4) is 11.3 Å². The summed E-state index contributed by atoms with van der Waals surface area (Å²) in [5, 5.41) is 14.0. The molecular weight excluding hydrogens is 524 g/mol. The Hall–Kier alpha value is 5.33. The van der Waals surface area contributed by atoms with Crippen molar-refractivity contribution in [1.82, 2.24) is 5.16 Å². The second-order valence-corrected chi connectivity index (χ2v) is 8.62. The Bertz CT molecular complexity index is 821. The summed E-state index contributed by atoms with van der Waals surface area (Å²) in [6, 6.07) is 6.81. The van der Waals surface area contributed by atoms with Gasteiger partial charge in [0.1, 0.15) is 11.5 Å². The predicted molar refractivity (Wildman–Crippen MR) is 120 cm³/mol. The Labute approximate surface area is 367 Å². The molecule has 4 nitrogen and oxygen atoms in total. The molecule has 1 aromatic heterocycles. The molecule has 2 aliphatic rings. The number of nitrogens with two attached hydrogens (primary N) is 1. The van der Waals surface area contributed by atoms with Gasteiger partial charge in [-0.3, -0.25) is 0 Å². The molecule has 3 atom stereocenters. The first-order chi connectivity index (χ1) is 13.1.